The monoisotopic (exact) mass is 329 g/mol. The number of hydrogen-bond donors (Lipinski definition) is 1. The Kier molecular flexibility index (Phi) is 6.47. The van der Waals surface area contributed by atoms with E-state index in [9.17, 15) is 0 Å². The topological polar surface area (TPSA) is 144 Å². The maximum atomic E-state index is 8.49. The minimum atomic E-state index is -4.94. The molecular formula is C13H16ClN3O5. The number of ether oxygens (including phenoxy) is 1. The van der Waals surface area contributed by atoms with Crippen LogP contribution in [0.2, 0.25) is 0 Å². The van der Waals surface area contributed by atoms with Crippen LogP contribution in [0, 0.1) is 17.2 Å². The number of nitrogen functional groups attached to an aromatic ring is 1. The van der Waals surface area contributed by atoms with Gasteiger partial charge in [-0.3, -0.25) is 0 Å². The van der Waals surface area contributed by atoms with Crippen LogP contribution in [0.15, 0.2) is 36.5 Å². The predicted molar refractivity (Wildman–Crippen MR) is 65.3 cm³/mol. The molecule has 0 radical (unpaired) electrons. The zero-order valence-corrected chi connectivity index (χ0v) is 12.8. The van der Waals surface area contributed by atoms with Crippen molar-refractivity contribution >= 4 is 5.82 Å². The molecule has 0 unspecified atom stereocenters. The number of nitrogens with zero attached hydrogens (tertiary/aromatic N) is 2. The second kappa shape index (κ2) is 7.87. The van der Waals surface area contributed by atoms with Crippen LogP contribution in [0.5, 0.6) is 5.75 Å². The fraction of sp³-hybridized carbons (Fsp3) is 0.231. The highest BCUT2D eigenvalue weighted by atomic mass is 35.7. The number of anilines is 1. The van der Waals surface area contributed by atoms with E-state index in [1.165, 1.54) is 0 Å². The molecule has 2 aromatic rings. The van der Waals surface area contributed by atoms with Crippen LogP contribution in [0.4, 0.5) is 5.82 Å². The van der Waals surface area contributed by atoms with Crippen LogP contribution in [0.25, 0.3) is 0 Å². The smallest absolute Gasteiger partial charge is 0.297 e. The summed E-state index contributed by atoms with van der Waals surface area (Å²) < 4.78 is 41.5. The third kappa shape index (κ3) is 7.16. The normalized spacial score (nSPS) is 10.6. The highest BCUT2D eigenvalue weighted by Crippen LogP contribution is 2.13. The van der Waals surface area contributed by atoms with Gasteiger partial charge in [0.15, 0.2) is 0 Å². The molecule has 22 heavy (non-hydrogen) atoms. The Morgan fingerprint density at radius 3 is 2.27 bits per heavy atom. The van der Waals surface area contributed by atoms with Crippen LogP contribution in [0.1, 0.15) is 11.4 Å². The number of hydrogen-bond acceptors (Lipinski definition) is 7. The van der Waals surface area contributed by atoms with Crippen molar-refractivity contribution in [1.82, 2.24) is 4.98 Å². The van der Waals surface area contributed by atoms with Crippen molar-refractivity contribution in [2.24, 2.45) is 7.05 Å². The molecule has 0 aliphatic heterocycles. The molecule has 9 heteroatoms. The first-order valence-electron chi connectivity index (χ1n) is 6.08. The standard InChI is InChI=1S/C13H15N3O.ClHO4/c1-10-15-13(14)11(8-16(10)2)9-17-12-6-4-3-5-7-12;2-1(3,4)5/h3-8,14H,9H2,1-2H3;(H,2,3,4,5). The summed E-state index contributed by atoms with van der Waals surface area (Å²) in [5.41, 5.74) is 6.74. The Morgan fingerprint density at radius 2 is 1.73 bits per heavy atom. The fourth-order valence-electron chi connectivity index (χ4n) is 1.51. The first-order chi connectivity index (χ1) is 10.2. The summed E-state index contributed by atoms with van der Waals surface area (Å²) in [7, 11) is -3.01. The van der Waals surface area contributed by atoms with Crippen molar-refractivity contribution in [3.05, 3.63) is 47.9 Å². The van der Waals surface area contributed by atoms with Gasteiger partial charge < -0.3 is 10.5 Å². The van der Waals surface area contributed by atoms with Crippen molar-refractivity contribution in [2.75, 3.05) is 5.73 Å². The SMILES string of the molecule is Cc1nc(N)c(COc2ccccc2)c[n+]1C.[O-][Cl+3]([O-])([O-])[O-]. The summed E-state index contributed by atoms with van der Waals surface area (Å²) in [4.78, 5) is 4.25. The Hall–Kier alpha value is -1.97. The molecule has 0 spiro atoms. The molecule has 1 heterocycles. The van der Waals surface area contributed by atoms with Crippen LogP contribution in [-0.4, -0.2) is 4.98 Å². The Labute approximate surface area is 129 Å². The Bertz CT molecular complexity index is 599. The quantitative estimate of drug-likeness (QED) is 0.578. The molecule has 2 rings (SSSR count). The van der Waals surface area contributed by atoms with E-state index in [4.69, 9.17) is 29.1 Å². The van der Waals surface area contributed by atoms with Gasteiger partial charge in [-0.15, -0.1) is 10.2 Å². The van der Waals surface area contributed by atoms with Gasteiger partial charge >= 0.3 is 0 Å². The van der Waals surface area contributed by atoms with Crippen molar-refractivity contribution < 1.29 is 38.2 Å². The number of para-hydroxylation sites is 1. The van der Waals surface area contributed by atoms with E-state index in [-0.39, 0.29) is 0 Å². The summed E-state index contributed by atoms with van der Waals surface area (Å²) in [5.74, 6) is 2.23. The van der Waals surface area contributed by atoms with E-state index < -0.39 is 10.2 Å². The van der Waals surface area contributed by atoms with E-state index in [0.29, 0.717) is 12.4 Å². The number of aryl methyl sites for hydroxylation is 2. The maximum Gasteiger partial charge on any atom is 0.297 e. The van der Waals surface area contributed by atoms with Crippen LogP contribution in [0.3, 0.4) is 0 Å². The van der Waals surface area contributed by atoms with Gasteiger partial charge in [-0.2, -0.15) is 0 Å². The average molecular weight is 330 g/mol. The first kappa shape index (κ1) is 18.1. The van der Waals surface area contributed by atoms with Crippen molar-refractivity contribution in [1.29, 1.82) is 0 Å². The van der Waals surface area contributed by atoms with E-state index in [0.717, 1.165) is 17.1 Å². The highest BCUT2D eigenvalue weighted by molar-refractivity contribution is 5.36. The number of halogens is 1. The third-order valence-corrected chi connectivity index (χ3v) is 2.61. The summed E-state index contributed by atoms with van der Waals surface area (Å²) in [6.07, 6.45) is 1.95. The van der Waals surface area contributed by atoms with Gasteiger partial charge in [-0.05, 0) is 17.1 Å². The zero-order valence-electron chi connectivity index (χ0n) is 12.1. The van der Waals surface area contributed by atoms with Crippen LogP contribution >= 0.6 is 0 Å². The molecule has 0 aliphatic rings. The molecule has 0 saturated heterocycles. The highest BCUT2D eigenvalue weighted by Gasteiger charge is 2.12. The largest absolute Gasteiger partial charge is 0.489 e. The first-order valence-corrected chi connectivity index (χ1v) is 7.31. The number of nitrogens with two attached hydrogens (primary N) is 1. The van der Waals surface area contributed by atoms with Gasteiger partial charge in [0.25, 0.3) is 5.82 Å². The summed E-state index contributed by atoms with van der Waals surface area (Å²) in [6.45, 7) is 2.34. The average Bonchev–Trinajstić information content (AvgIpc) is 2.41. The molecule has 1 aromatic carbocycles. The molecule has 0 saturated carbocycles. The lowest BCUT2D eigenvalue weighted by Crippen LogP contribution is -2.68. The van der Waals surface area contributed by atoms with E-state index >= 15 is 0 Å². The fourth-order valence-corrected chi connectivity index (χ4v) is 1.51. The van der Waals surface area contributed by atoms with Gasteiger partial charge in [0.05, 0.1) is 12.6 Å². The minimum absolute atomic E-state index is 0.428. The summed E-state index contributed by atoms with van der Waals surface area (Å²) in [6, 6.07) is 9.66. The van der Waals surface area contributed by atoms with Crippen molar-refractivity contribution in [3.8, 4) is 5.75 Å². The molecule has 0 bridgehead atoms. The van der Waals surface area contributed by atoms with Gasteiger partial charge in [0.1, 0.15) is 18.6 Å². The van der Waals surface area contributed by atoms with Crippen molar-refractivity contribution in [2.45, 2.75) is 13.5 Å². The Balaban J connectivity index is 0.000000422. The predicted octanol–water partition coefficient (Wildman–Crippen LogP) is -3.38. The number of benzene rings is 1. The van der Waals surface area contributed by atoms with Gasteiger partial charge in [-0.1, -0.05) is 18.2 Å². The van der Waals surface area contributed by atoms with Crippen LogP contribution in [-0.2, 0) is 13.7 Å². The minimum Gasteiger partial charge on any atom is -0.489 e. The Morgan fingerprint density at radius 1 is 1.18 bits per heavy atom. The molecule has 0 aliphatic carbocycles. The van der Waals surface area contributed by atoms with Crippen LogP contribution < -0.4 is 33.7 Å². The maximum absolute atomic E-state index is 8.49. The van der Waals surface area contributed by atoms with Gasteiger partial charge in [0.2, 0.25) is 5.82 Å². The molecule has 0 atom stereocenters. The second-order valence-electron chi connectivity index (χ2n) is 4.29. The molecular weight excluding hydrogens is 314 g/mol. The lowest BCUT2D eigenvalue weighted by atomic mass is 10.3. The molecule has 120 valence electrons. The molecule has 8 nitrogen and oxygen atoms in total. The molecule has 0 amide bonds. The molecule has 1 aromatic heterocycles. The molecule has 2 N–H and O–H groups in total. The molecule has 0 fully saturated rings. The van der Waals surface area contributed by atoms with E-state index in [1.807, 2.05) is 55.1 Å². The lowest BCUT2D eigenvalue weighted by Gasteiger charge is -2.17. The van der Waals surface area contributed by atoms with Gasteiger partial charge in [0, 0.05) is 6.92 Å². The number of rotatable bonds is 3. The summed E-state index contributed by atoms with van der Waals surface area (Å²) >= 11 is 0. The lowest BCUT2D eigenvalue weighted by molar-refractivity contribution is -2.00. The second-order valence-corrected chi connectivity index (χ2v) is 5.05. The van der Waals surface area contributed by atoms with Gasteiger partial charge in [-0.25, -0.2) is 23.2 Å². The number of aromatic nitrogens is 2. The van der Waals surface area contributed by atoms with E-state index in [2.05, 4.69) is 4.98 Å². The summed E-state index contributed by atoms with van der Waals surface area (Å²) in [5, 5.41) is 0. The van der Waals surface area contributed by atoms with Crippen molar-refractivity contribution in [3.63, 3.8) is 0 Å². The third-order valence-electron chi connectivity index (χ3n) is 2.61. The van der Waals surface area contributed by atoms with E-state index in [1.54, 1.807) is 0 Å². The zero-order chi connectivity index (χ0) is 16.8.